The predicted octanol–water partition coefficient (Wildman–Crippen LogP) is 3.15. The van der Waals surface area contributed by atoms with Crippen molar-refractivity contribution < 1.29 is 38.3 Å². The molecule has 0 spiro atoms. The van der Waals surface area contributed by atoms with Crippen LogP contribution in [0, 0.1) is 5.82 Å². The SMILES string of the molecule is O=C(O)/C=C/C(=O)O.O=C1c2ccccc2C(=O)N1CCN1CCC(c2noc3cc(F)ccc23)CC1. The molecule has 2 amide bonds. The van der Waals surface area contributed by atoms with E-state index in [9.17, 15) is 23.6 Å². The van der Waals surface area contributed by atoms with Gasteiger partial charge in [0.15, 0.2) is 5.58 Å². The molecule has 0 atom stereocenters. The number of likely N-dealkylation sites (tertiary alicyclic amines) is 1. The molecule has 0 bridgehead atoms. The zero-order valence-electron chi connectivity index (χ0n) is 19.7. The van der Waals surface area contributed by atoms with Gasteiger partial charge in [-0.25, -0.2) is 14.0 Å². The van der Waals surface area contributed by atoms with Crippen molar-refractivity contribution in [3.63, 3.8) is 0 Å². The van der Waals surface area contributed by atoms with Crippen LogP contribution in [0.5, 0.6) is 0 Å². The summed E-state index contributed by atoms with van der Waals surface area (Å²) in [4.78, 5) is 47.7. The molecule has 11 heteroatoms. The highest BCUT2D eigenvalue weighted by Crippen LogP contribution is 2.33. The zero-order chi connectivity index (χ0) is 26.5. The molecule has 2 aliphatic heterocycles. The highest BCUT2D eigenvalue weighted by Gasteiger charge is 2.35. The Bertz CT molecular complexity index is 1320. The molecule has 2 N–H and O–H groups in total. The van der Waals surface area contributed by atoms with E-state index < -0.39 is 11.9 Å². The number of carbonyl (C=O) groups is 4. The number of hydrogen-bond acceptors (Lipinski definition) is 7. The maximum absolute atomic E-state index is 13.3. The Morgan fingerprint density at radius 2 is 1.57 bits per heavy atom. The second-order valence-corrected chi connectivity index (χ2v) is 8.64. The summed E-state index contributed by atoms with van der Waals surface area (Å²) in [6.45, 7) is 2.75. The molecule has 0 radical (unpaired) electrons. The lowest BCUT2D eigenvalue weighted by atomic mass is 9.91. The van der Waals surface area contributed by atoms with Crippen LogP contribution < -0.4 is 0 Å². The van der Waals surface area contributed by atoms with E-state index in [1.165, 1.54) is 17.0 Å². The Morgan fingerprint density at radius 3 is 2.14 bits per heavy atom. The Balaban J connectivity index is 0.000000349. The topological polar surface area (TPSA) is 141 Å². The van der Waals surface area contributed by atoms with Gasteiger partial charge in [-0.05, 0) is 50.2 Å². The number of amides is 2. The molecule has 5 rings (SSSR count). The third-order valence-corrected chi connectivity index (χ3v) is 6.32. The number of halogens is 1. The van der Waals surface area contributed by atoms with Gasteiger partial charge in [0.25, 0.3) is 11.8 Å². The molecule has 37 heavy (non-hydrogen) atoms. The summed E-state index contributed by atoms with van der Waals surface area (Å²) < 4.78 is 18.6. The standard InChI is InChI=1S/C22H20FN3O3.C4H4O4/c23-15-5-6-18-19(13-15)29-24-20(18)14-7-9-25(10-8-14)11-12-26-21(27)16-3-1-2-4-17(16)22(26)28;5-3(6)1-2-4(7)8/h1-6,13-14H,7-12H2;1-2H,(H,5,6)(H,7,8)/b;2-1+. The van der Waals surface area contributed by atoms with Crippen LogP contribution >= 0.6 is 0 Å². The fourth-order valence-corrected chi connectivity index (χ4v) is 4.48. The van der Waals surface area contributed by atoms with Crippen LogP contribution in [-0.4, -0.2) is 75.1 Å². The molecule has 1 saturated heterocycles. The molecule has 2 aromatic carbocycles. The average Bonchev–Trinajstić information content (AvgIpc) is 3.41. The number of nitrogens with zero attached hydrogens (tertiary/aromatic N) is 3. The summed E-state index contributed by atoms with van der Waals surface area (Å²) in [5, 5.41) is 20.7. The van der Waals surface area contributed by atoms with Crippen LogP contribution in [0.25, 0.3) is 11.0 Å². The van der Waals surface area contributed by atoms with E-state index in [2.05, 4.69) is 10.1 Å². The van der Waals surface area contributed by atoms with Crippen molar-refractivity contribution in [2.75, 3.05) is 26.2 Å². The predicted molar refractivity (Wildman–Crippen MR) is 129 cm³/mol. The second-order valence-electron chi connectivity index (χ2n) is 8.64. The molecule has 0 saturated carbocycles. The summed E-state index contributed by atoms with van der Waals surface area (Å²) in [7, 11) is 0. The lowest BCUT2D eigenvalue weighted by Gasteiger charge is -2.32. The number of benzene rings is 2. The number of aromatic nitrogens is 1. The van der Waals surface area contributed by atoms with E-state index in [1.54, 1.807) is 30.3 Å². The highest BCUT2D eigenvalue weighted by atomic mass is 19.1. The summed E-state index contributed by atoms with van der Waals surface area (Å²) in [5.41, 5.74) is 2.35. The fraction of sp³-hybridized carbons (Fsp3) is 0.269. The van der Waals surface area contributed by atoms with Crippen molar-refractivity contribution in [3.8, 4) is 0 Å². The maximum atomic E-state index is 13.3. The van der Waals surface area contributed by atoms with E-state index >= 15 is 0 Å². The number of fused-ring (bicyclic) bond motifs is 2. The molecular weight excluding hydrogens is 485 g/mol. The van der Waals surface area contributed by atoms with E-state index in [-0.39, 0.29) is 23.5 Å². The first-order chi connectivity index (χ1) is 17.7. The summed E-state index contributed by atoms with van der Waals surface area (Å²) >= 11 is 0. The van der Waals surface area contributed by atoms with Crippen LogP contribution in [0.15, 0.2) is 59.1 Å². The van der Waals surface area contributed by atoms with Gasteiger partial charge in [0.05, 0.1) is 16.8 Å². The van der Waals surface area contributed by atoms with Gasteiger partial charge in [0, 0.05) is 42.6 Å². The number of aliphatic carboxylic acids is 2. The van der Waals surface area contributed by atoms with Gasteiger partial charge in [0.1, 0.15) is 5.82 Å². The summed E-state index contributed by atoms with van der Waals surface area (Å²) in [6.07, 6.45) is 2.92. The number of hydrogen-bond donors (Lipinski definition) is 2. The van der Waals surface area contributed by atoms with E-state index in [0.717, 1.165) is 37.0 Å². The molecule has 3 heterocycles. The normalized spacial score (nSPS) is 16.2. The average molecular weight is 509 g/mol. The van der Waals surface area contributed by atoms with Gasteiger partial charge < -0.3 is 19.6 Å². The Kier molecular flexibility index (Phi) is 7.73. The number of carboxylic acid groups (broad SMARTS) is 2. The molecule has 1 fully saturated rings. The van der Waals surface area contributed by atoms with Gasteiger partial charge in [-0.3, -0.25) is 14.5 Å². The second kappa shape index (κ2) is 11.1. The zero-order valence-corrected chi connectivity index (χ0v) is 19.7. The van der Waals surface area contributed by atoms with Crippen LogP contribution in [-0.2, 0) is 9.59 Å². The van der Waals surface area contributed by atoms with Crippen molar-refractivity contribution in [2.45, 2.75) is 18.8 Å². The summed E-state index contributed by atoms with van der Waals surface area (Å²) in [6, 6.07) is 11.5. The van der Waals surface area contributed by atoms with Crippen LogP contribution in [0.3, 0.4) is 0 Å². The molecule has 3 aromatic rings. The molecule has 10 nitrogen and oxygen atoms in total. The molecule has 0 unspecified atom stereocenters. The first-order valence-corrected chi connectivity index (χ1v) is 11.6. The lowest BCUT2D eigenvalue weighted by molar-refractivity contribution is -0.134. The monoisotopic (exact) mass is 509 g/mol. The molecular formula is C26H24FN3O7. The van der Waals surface area contributed by atoms with E-state index in [4.69, 9.17) is 14.7 Å². The smallest absolute Gasteiger partial charge is 0.328 e. The fourth-order valence-electron chi connectivity index (χ4n) is 4.48. The van der Waals surface area contributed by atoms with E-state index in [0.29, 0.717) is 42.0 Å². The Labute approximate surface area is 210 Å². The number of carboxylic acids is 2. The highest BCUT2D eigenvalue weighted by molar-refractivity contribution is 6.21. The number of imide groups is 1. The van der Waals surface area contributed by atoms with Crippen molar-refractivity contribution in [3.05, 3.63) is 77.3 Å². The van der Waals surface area contributed by atoms with Gasteiger partial charge in [-0.1, -0.05) is 17.3 Å². The molecule has 0 aliphatic carbocycles. The number of carbonyl (C=O) groups excluding carboxylic acids is 2. The lowest BCUT2D eigenvalue weighted by Crippen LogP contribution is -2.41. The first-order valence-electron chi connectivity index (χ1n) is 11.6. The molecule has 2 aliphatic rings. The minimum absolute atomic E-state index is 0.207. The van der Waals surface area contributed by atoms with Crippen molar-refractivity contribution in [2.24, 2.45) is 0 Å². The van der Waals surface area contributed by atoms with Crippen LogP contribution in [0.1, 0.15) is 45.2 Å². The van der Waals surface area contributed by atoms with Crippen molar-refractivity contribution in [1.29, 1.82) is 0 Å². The quantitative estimate of drug-likeness (QED) is 0.379. The number of piperidine rings is 1. The maximum Gasteiger partial charge on any atom is 0.328 e. The Morgan fingerprint density at radius 1 is 0.973 bits per heavy atom. The van der Waals surface area contributed by atoms with Crippen molar-refractivity contribution in [1.82, 2.24) is 15.0 Å². The minimum atomic E-state index is -1.26. The van der Waals surface area contributed by atoms with Gasteiger partial charge in [-0.15, -0.1) is 0 Å². The number of rotatable bonds is 6. The van der Waals surface area contributed by atoms with Gasteiger partial charge >= 0.3 is 11.9 Å². The third kappa shape index (κ3) is 5.89. The van der Waals surface area contributed by atoms with Crippen LogP contribution in [0.2, 0.25) is 0 Å². The minimum Gasteiger partial charge on any atom is -0.478 e. The third-order valence-electron chi connectivity index (χ3n) is 6.32. The van der Waals surface area contributed by atoms with E-state index in [1.807, 2.05) is 0 Å². The molecule has 192 valence electrons. The van der Waals surface area contributed by atoms with Gasteiger partial charge in [-0.2, -0.15) is 0 Å². The summed E-state index contributed by atoms with van der Waals surface area (Å²) in [5.74, 6) is -3.00. The van der Waals surface area contributed by atoms with Gasteiger partial charge in [0.2, 0.25) is 0 Å². The largest absolute Gasteiger partial charge is 0.478 e. The van der Waals surface area contributed by atoms with Crippen LogP contribution in [0.4, 0.5) is 4.39 Å². The Hall–Kier alpha value is -4.38. The molecule has 1 aromatic heterocycles. The van der Waals surface area contributed by atoms with Crippen molar-refractivity contribution >= 4 is 34.7 Å². The first kappa shape index (κ1) is 25.7.